The van der Waals surface area contributed by atoms with E-state index >= 15 is 0 Å². The average molecular weight is 327 g/mol. The van der Waals surface area contributed by atoms with Gasteiger partial charge in [0.15, 0.2) is 0 Å². The van der Waals surface area contributed by atoms with E-state index in [1.54, 1.807) is 0 Å². The number of hydrogen-bond acceptors (Lipinski definition) is 2. The van der Waals surface area contributed by atoms with Crippen molar-refractivity contribution in [2.45, 2.75) is 96.3 Å². The van der Waals surface area contributed by atoms with Gasteiger partial charge in [-0.1, -0.05) is 69.9 Å². The fraction of sp³-hybridized carbons (Fsp3) is 0.810. The number of allylic oxidation sites excluding steroid dienone is 2. The maximum absolute atomic E-state index is 8.53. The molecule has 0 saturated carbocycles. The van der Waals surface area contributed by atoms with Crippen LogP contribution in [0.1, 0.15) is 96.3 Å². The molecule has 0 amide bonds. The maximum atomic E-state index is 8.53. The molecule has 0 aromatic rings. The summed E-state index contributed by atoms with van der Waals surface area (Å²) < 4.78 is 0. The summed E-state index contributed by atoms with van der Waals surface area (Å²) in [5, 5.41) is 17.0. The van der Waals surface area contributed by atoms with Gasteiger partial charge in [-0.05, 0) is 38.5 Å². The highest BCUT2D eigenvalue weighted by Crippen LogP contribution is 2.08. The van der Waals surface area contributed by atoms with E-state index in [-0.39, 0.29) is 0 Å². The number of unbranched alkanes of at least 4 members (excludes halogenated alkanes) is 13. The van der Waals surface area contributed by atoms with Gasteiger partial charge in [0.05, 0.1) is 0 Å². The largest absolute Gasteiger partial charge is 0.396 e. The molecule has 138 valence electrons. The molecule has 2 N–H and O–H groups in total. The van der Waals surface area contributed by atoms with Crippen LogP contribution in [0.25, 0.3) is 0 Å². The van der Waals surface area contributed by atoms with Crippen LogP contribution < -0.4 is 0 Å². The Morgan fingerprint density at radius 1 is 0.435 bits per heavy atom. The second-order valence-corrected chi connectivity index (χ2v) is 6.20. The lowest BCUT2D eigenvalue weighted by molar-refractivity contribution is 0.282. The topological polar surface area (TPSA) is 40.5 Å². The third-order valence-corrected chi connectivity index (χ3v) is 3.88. The molecule has 0 saturated heterocycles. The molecule has 0 atom stereocenters. The molecule has 2 heteroatoms. The van der Waals surface area contributed by atoms with Crippen LogP contribution >= 0.6 is 0 Å². The lowest BCUT2D eigenvalue weighted by atomic mass is 10.1. The van der Waals surface area contributed by atoms with Gasteiger partial charge in [-0.2, -0.15) is 0 Å². The van der Waals surface area contributed by atoms with Crippen LogP contribution in [0.2, 0.25) is 0 Å². The molecule has 0 unspecified atom stereocenters. The lowest BCUT2D eigenvalue weighted by Gasteiger charge is -1.99. The van der Waals surface area contributed by atoms with Crippen LogP contribution in [-0.2, 0) is 0 Å². The smallest absolute Gasteiger partial charge is 0.0431 e. The van der Waals surface area contributed by atoms with Gasteiger partial charge in [0.1, 0.15) is 0 Å². The SMILES string of the molecule is C=CCCCCCCCCCO.C=CCCCCCCCCO. The van der Waals surface area contributed by atoms with Crippen molar-refractivity contribution in [3.8, 4) is 0 Å². The normalized spacial score (nSPS) is 10.0. The Hall–Kier alpha value is -0.600. The van der Waals surface area contributed by atoms with E-state index in [0.29, 0.717) is 13.2 Å². The molecule has 0 aromatic carbocycles. The quantitative estimate of drug-likeness (QED) is 0.247. The van der Waals surface area contributed by atoms with E-state index in [2.05, 4.69) is 13.2 Å². The van der Waals surface area contributed by atoms with Gasteiger partial charge in [-0.25, -0.2) is 0 Å². The fourth-order valence-electron chi connectivity index (χ4n) is 2.39. The van der Waals surface area contributed by atoms with Gasteiger partial charge in [-0.15, -0.1) is 13.2 Å². The van der Waals surface area contributed by atoms with Gasteiger partial charge >= 0.3 is 0 Å². The van der Waals surface area contributed by atoms with E-state index in [1.807, 2.05) is 12.2 Å². The van der Waals surface area contributed by atoms with E-state index in [1.165, 1.54) is 70.6 Å². The van der Waals surface area contributed by atoms with Crippen LogP contribution in [-0.4, -0.2) is 23.4 Å². The summed E-state index contributed by atoms with van der Waals surface area (Å²) in [4.78, 5) is 0. The van der Waals surface area contributed by atoms with Crippen LogP contribution in [0.4, 0.5) is 0 Å². The van der Waals surface area contributed by atoms with Crippen molar-refractivity contribution < 1.29 is 10.2 Å². The predicted octanol–water partition coefficient (Wildman–Crippen LogP) is 6.18. The molecular formula is C21H42O2. The first-order valence-corrected chi connectivity index (χ1v) is 9.77. The second kappa shape index (κ2) is 26.3. The minimum Gasteiger partial charge on any atom is -0.396 e. The molecule has 0 aromatic heterocycles. The van der Waals surface area contributed by atoms with Gasteiger partial charge in [0, 0.05) is 13.2 Å². The van der Waals surface area contributed by atoms with Crippen LogP contribution in [0.15, 0.2) is 25.3 Å². The molecule has 0 heterocycles. The number of hydrogen-bond donors (Lipinski definition) is 2. The standard InChI is InChI=1S/C11H22O.C10H20O/c1-2-3-4-5-6-7-8-9-10-11-12;1-2-3-4-5-6-7-8-9-10-11/h2,12H,1,3-11H2;2,11H,1,3-10H2. The zero-order chi connectivity index (χ0) is 17.4. The van der Waals surface area contributed by atoms with Crippen molar-refractivity contribution in [3.63, 3.8) is 0 Å². The highest BCUT2D eigenvalue weighted by atomic mass is 16.3. The molecule has 0 aliphatic carbocycles. The number of aliphatic hydroxyl groups is 2. The van der Waals surface area contributed by atoms with Crippen molar-refractivity contribution in [2.75, 3.05) is 13.2 Å². The first-order chi connectivity index (χ1) is 11.3. The van der Waals surface area contributed by atoms with E-state index in [9.17, 15) is 0 Å². The third-order valence-electron chi connectivity index (χ3n) is 3.88. The Morgan fingerprint density at radius 2 is 0.696 bits per heavy atom. The summed E-state index contributed by atoms with van der Waals surface area (Å²) >= 11 is 0. The highest BCUT2D eigenvalue weighted by Gasteiger charge is 1.90. The van der Waals surface area contributed by atoms with Crippen molar-refractivity contribution >= 4 is 0 Å². The molecule has 2 nitrogen and oxygen atoms in total. The van der Waals surface area contributed by atoms with Gasteiger partial charge in [0.2, 0.25) is 0 Å². The second-order valence-electron chi connectivity index (χ2n) is 6.20. The number of rotatable bonds is 17. The lowest BCUT2D eigenvalue weighted by Crippen LogP contribution is -1.83. The summed E-state index contributed by atoms with van der Waals surface area (Å²) in [5.41, 5.74) is 0. The summed E-state index contributed by atoms with van der Waals surface area (Å²) in [7, 11) is 0. The highest BCUT2D eigenvalue weighted by molar-refractivity contribution is 4.65. The molecule has 0 radical (unpaired) electrons. The van der Waals surface area contributed by atoms with E-state index < -0.39 is 0 Å². The molecule has 0 aliphatic rings. The summed E-state index contributed by atoms with van der Waals surface area (Å²) in [6.07, 6.45) is 22.4. The van der Waals surface area contributed by atoms with Gasteiger partial charge in [0.25, 0.3) is 0 Å². The van der Waals surface area contributed by atoms with E-state index in [4.69, 9.17) is 10.2 Å². The Morgan fingerprint density at radius 3 is 0.957 bits per heavy atom. The fourth-order valence-corrected chi connectivity index (χ4v) is 2.39. The Bertz CT molecular complexity index is 214. The van der Waals surface area contributed by atoms with Crippen molar-refractivity contribution in [1.82, 2.24) is 0 Å². The minimum atomic E-state index is 0.354. The average Bonchev–Trinajstić information content (AvgIpc) is 2.57. The molecule has 0 bridgehead atoms. The Balaban J connectivity index is 0. The van der Waals surface area contributed by atoms with Crippen molar-refractivity contribution in [1.29, 1.82) is 0 Å². The Labute approximate surface area is 145 Å². The zero-order valence-electron chi connectivity index (χ0n) is 15.5. The van der Waals surface area contributed by atoms with Crippen LogP contribution in [0, 0.1) is 0 Å². The molecule has 0 fully saturated rings. The zero-order valence-corrected chi connectivity index (χ0v) is 15.5. The summed E-state index contributed by atoms with van der Waals surface area (Å²) in [6, 6.07) is 0. The van der Waals surface area contributed by atoms with Crippen molar-refractivity contribution in [3.05, 3.63) is 25.3 Å². The number of aliphatic hydroxyl groups excluding tert-OH is 2. The van der Waals surface area contributed by atoms with E-state index in [0.717, 1.165) is 25.7 Å². The summed E-state index contributed by atoms with van der Waals surface area (Å²) in [5.74, 6) is 0. The first kappa shape index (κ1) is 24.6. The molecule has 0 rings (SSSR count). The molecular weight excluding hydrogens is 284 g/mol. The monoisotopic (exact) mass is 326 g/mol. The first-order valence-electron chi connectivity index (χ1n) is 9.77. The molecule has 0 spiro atoms. The van der Waals surface area contributed by atoms with Crippen LogP contribution in [0.5, 0.6) is 0 Å². The van der Waals surface area contributed by atoms with Crippen molar-refractivity contribution in [2.24, 2.45) is 0 Å². The van der Waals surface area contributed by atoms with Gasteiger partial charge in [-0.3, -0.25) is 0 Å². The maximum Gasteiger partial charge on any atom is 0.0431 e. The minimum absolute atomic E-state index is 0.354. The molecule has 23 heavy (non-hydrogen) atoms. The summed E-state index contributed by atoms with van der Waals surface area (Å²) in [6.45, 7) is 8.08. The Kier molecular flexibility index (Phi) is 28.2. The molecule has 0 aliphatic heterocycles. The van der Waals surface area contributed by atoms with Crippen LogP contribution in [0.3, 0.4) is 0 Å². The third kappa shape index (κ3) is 29.9. The van der Waals surface area contributed by atoms with Gasteiger partial charge < -0.3 is 10.2 Å². The predicted molar refractivity (Wildman–Crippen MR) is 104 cm³/mol.